The molecule has 7 nitrogen and oxygen atoms in total. The zero-order chi connectivity index (χ0) is 21.7. The summed E-state index contributed by atoms with van der Waals surface area (Å²) in [6.07, 6.45) is 0.583. The van der Waals surface area contributed by atoms with Gasteiger partial charge < -0.3 is 34.1 Å². The van der Waals surface area contributed by atoms with Crippen molar-refractivity contribution in [3.63, 3.8) is 0 Å². The first-order valence-electron chi connectivity index (χ1n) is 9.11. The molecule has 0 aliphatic rings. The molecule has 0 amide bonds. The molecule has 0 aromatic carbocycles. The van der Waals surface area contributed by atoms with Crippen LogP contribution in [0.1, 0.15) is 68.2 Å². The summed E-state index contributed by atoms with van der Waals surface area (Å²) in [5.74, 6) is 0. The minimum Gasteiger partial charge on any atom is -0.313 e. The maximum atomic E-state index is 12.5. The average Bonchev–Trinajstić information content (AvgIpc) is 2.51. The molecule has 0 saturated carbocycles. The highest BCUT2D eigenvalue weighted by atomic mass is 28.3. The summed E-state index contributed by atoms with van der Waals surface area (Å²) in [5, 5.41) is 0.358. The molecule has 0 aliphatic carbocycles. The molecule has 0 aromatic heterocycles. The van der Waals surface area contributed by atoms with Gasteiger partial charge in [-0.1, -0.05) is 13.8 Å². The topological polar surface area (TPSA) is 114 Å². The Balaban J connectivity index is 6.58. The van der Waals surface area contributed by atoms with E-state index in [0.717, 1.165) is 0 Å². The van der Waals surface area contributed by atoms with Crippen LogP contribution in [0.15, 0.2) is 0 Å². The van der Waals surface area contributed by atoms with Crippen LogP contribution in [-0.4, -0.2) is 59.9 Å². The van der Waals surface area contributed by atoms with E-state index in [0.29, 0.717) is 12.8 Å². The molecule has 9 heteroatoms. The van der Waals surface area contributed by atoms with E-state index < -0.39 is 59.9 Å². The maximum Gasteiger partial charge on any atom is 0.294 e. The van der Waals surface area contributed by atoms with E-state index in [9.17, 15) is 28.8 Å². The Bertz CT molecular complexity index is 545. The van der Waals surface area contributed by atoms with Gasteiger partial charge in [0.05, 0.1) is 0 Å². The summed E-state index contributed by atoms with van der Waals surface area (Å²) < 4.78 is 0. The Hall–Kier alpha value is -1.59. The zero-order valence-electron chi connectivity index (χ0n) is 17.5. The van der Waals surface area contributed by atoms with Crippen molar-refractivity contribution in [2.24, 2.45) is 0 Å². The van der Waals surface area contributed by atoms with Gasteiger partial charge in [-0.05, 0) is 54.4 Å². The van der Waals surface area contributed by atoms with Crippen LogP contribution in [0.4, 0.5) is 0 Å². The summed E-state index contributed by atoms with van der Waals surface area (Å²) in [5.41, 5.74) is -1.56. The largest absolute Gasteiger partial charge is 0.313 e. The second kappa shape index (κ2) is 9.56. The van der Waals surface area contributed by atoms with E-state index >= 15 is 0 Å². The molecule has 2 unspecified atom stereocenters. The third-order valence-corrected chi connectivity index (χ3v) is 15.5. The van der Waals surface area contributed by atoms with Crippen LogP contribution in [0.2, 0.25) is 0 Å². The molecule has 2 atom stereocenters. The minimum atomic E-state index is -3.76. The number of rotatable bonds is 12. The minimum absolute atomic E-state index is 0.291. The second-order valence-corrected chi connectivity index (χ2v) is 15.9. The SMILES string of the molecule is CCC(NC(CC)[Si](C(C)=O)(C(C)=O)C(C)=O)[Si](C(C)=O)(C(C)=O)C(C)=O. The first kappa shape index (κ1) is 25.4. The zero-order valence-corrected chi connectivity index (χ0v) is 19.5. The standard InChI is InChI=1S/C18H31NO6Si2/c1-9-17(26(11(3)20,12(4)21)13(5)22)19-18(10-2)27(14(6)23,15(7)24)16(8)25/h17-19H,9-10H2,1-8H3. The fraction of sp³-hybridized carbons (Fsp3) is 0.667. The number of hydrogen-bond acceptors (Lipinski definition) is 7. The van der Waals surface area contributed by atoms with Crippen molar-refractivity contribution in [2.45, 2.75) is 79.6 Å². The molecule has 0 rings (SSSR count). The van der Waals surface area contributed by atoms with E-state index in [4.69, 9.17) is 0 Å². The molecule has 0 aliphatic heterocycles. The van der Waals surface area contributed by atoms with Crippen LogP contribution in [0.5, 0.6) is 0 Å². The number of carbonyl (C=O) groups excluding carboxylic acids is 6. The highest BCUT2D eigenvalue weighted by molar-refractivity contribution is 7.42. The van der Waals surface area contributed by atoms with Crippen LogP contribution in [-0.2, 0) is 28.8 Å². The predicted molar refractivity (Wildman–Crippen MR) is 107 cm³/mol. The third-order valence-electron chi connectivity index (χ3n) is 5.60. The van der Waals surface area contributed by atoms with Crippen molar-refractivity contribution in [3.05, 3.63) is 0 Å². The van der Waals surface area contributed by atoms with E-state index in [-0.39, 0.29) is 0 Å². The molecule has 27 heavy (non-hydrogen) atoms. The maximum absolute atomic E-state index is 12.5. The van der Waals surface area contributed by atoms with Crippen molar-refractivity contribution >= 4 is 48.6 Å². The number of carbonyl (C=O) groups is 6. The van der Waals surface area contributed by atoms with Gasteiger partial charge in [0.15, 0.2) is 0 Å². The highest BCUT2D eigenvalue weighted by Gasteiger charge is 2.60. The molecule has 0 heterocycles. The average molecular weight is 414 g/mol. The van der Waals surface area contributed by atoms with Crippen LogP contribution in [0.3, 0.4) is 0 Å². The van der Waals surface area contributed by atoms with E-state index in [1.807, 2.05) is 0 Å². The Labute approximate surface area is 162 Å². The van der Waals surface area contributed by atoms with Crippen LogP contribution in [0.25, 0.3) is 0 Å². The third kappa shape index (κ3) is 4.14. The summed E-state index contributed by atoms with van der Waals surface area (Å²) >= 11 is 0. The molecular weight excluding hydrogens is 382 g/mol. The molecule has 0 fully saturated rings. The Morgan fingerprint density at radius 2 is 0.741 bits per heavy atom. The van der Waals surface area contributed by atoms with E-state index in [1.54, 1.807) is 13.8 Å². The molecule has 1 N–H and O–H groups in total. The lowest BCUT2D eigenvalue weighted by molar-refractivity contribution is -0.120. The number of nitrogens with one attached hydrogen (secondary N) is 1. The number of hydrogen-bond donors (Lipinski definition) is 1. The van der Waals surface area contributed by atoms with Gasteiger partial charge in [-0.15, -0.1) is 0 Å². The van der Waals surface area contributed by atoms with Crippen molar-refractivity contribution in [2.75, 3.05) is 0 Å². The first-order valence-corrected chi connectivity index (χ1v) is 13.3. The normalized spacial score (nSPS) is 14.2. The molecule has 0 spiro atoms. The van der Waals surface area contributed by atoms with Gasteiger partial charge in [0.25, 0.3) is 16.1 Å². The lowest BCUT2D eigenvalue weighted by atomic mass is 10.4. The molecule has 152 valence electrons. The fourth-order valence-corrected chi connectivity index (χ4v) is 12.5. The first-order chi connectivity index (χ1) is 12.3. The lowest BCUT2D eigenvalue weighted by Gasteiger charge is -2.39. The van der Waals surface area contributed by atoms with Gasteiger partial charge in [0.1, 0.15) is 32.4 Å². The second-order valence-electron chi connectivity index (χ2n) is 7.04. The Morgan fingerprint density at radius 1 is 0.556 bits per heavy atom. The van der Waals surface area contributed by atoms with Gasteiger partial charge in [0.2, 0.25) is 0 Å². The van der Waals surface area contributed by atoms with Crippen molar-refractivity contribution < 1.29 is 28.8 Å². The van der Waals surface area contributed by atoms with Crippen molar-refractivity contribution in [3.8, 4) is 0 Å². The molecule has 0 radical (unpaired) electrons. The Morgan fingerprint density at radius 3 is 0.852 bits per heavy atom. The summed E-state index contributed by atoms with van der Waals surface area (Å²) in [6.45, 7) is 10.9. The molecule has 0 aromatic rings. The van der Waals surface area contributed by atoms with E-state index in [2.05, 4.69) is 5.32 Å². The van der Waals surface area contributed by atoms with Crippen LogP contribution >= 0.6 is 0 Å². The van der Waals surface area contributed by atoms with Gasteiger partial charge in [-0.2, -0.15) is 0 Å². The molecular formula is C18H31NO6Si2. The van der Waals surface area contributed by atoms with Crippen LogP contribution in [0, 0.1) is 0 Å². The Kier molecular flexibility index (Phi) is 9.00. The summed E-state index contributed by atoms with van der Waals surface area (Å²) in [4.78, 5) is 74.8. The molecule has 0 bridgehead atoms. The quantitative estimate of drug-likeness (QED) is 0.472. The predicted octanol–water partition coefficient (Wildman–Crippen LogP) is 0.878. The summed E-state index contributed by atoms with van der Waals surface area (Å²) in [7, 11) is -7.52. The highest BCUT2D eigenvalue weighted by Crippen LogP contribution is 2.22. The fourth-order valence-electron chi connectivity index (χ4n) is 4.30. The van der Waals surface area contributed by atoms with E-state index in [1.165, 1.54) is 41.5 Å². The van der Waals surface area contributed by atoms with Gasteiger partial charge in [-0.25, -0.2) is 0 Å². The van der Waals surface area contributed by atoms with Gasteiger partial charge in [-0.3, -0.25) is 0 Å². The van der Waals surface area contributed by atoms with Crippen LogP contribution < -0.4 is 5.32 Å². The van der Waals surface area contributed by atoms with Crippen molar-refractivity contribution in [1.82, 2.24) is 5.32 Å². The molecule has 0 saturated heterocycles. The van der Waals surface area contributed by atoms with Crippen molar-refractivity contribution in [1.29, 1.82) is 0 Å². The monoisotopic (exact) mass is 413 g/mol. The van der Waals surface area contributed by atoms with Gasteiger partial charge >= 0.3 is 0 Å². The van der Waals surface area contributed by atoms with Gasteiger partial charge in [0, 0.05) is 11.3 Å². The summed E-state index contributed by atoms with van der Waals surface area (Å²) in [6, 6.07) is 0. The lowest BCUT2D eigenvalue weighted by Crippen LogP contribution is -2.76. The smallest absolute Gasteiger partial charge is 0.294 e.